The largest absolute Gasteiger partial charge is 0.493 e. The quantitative estimate of drug-likeness (QED) is 0.578. The topological polar surface area (TPSA) is 102 Å². The summed E-state index contributed by atoms with van der Waals surface area (Å²) in [4.78, 5) is 11.4. The Morgan fingerprint density at radius 2 is 1.82 bits per heavy atom. The highest BCUT2D eigenvalue weighted by Crippen LogP contribution is 2.32. The summed E-state index contributed by atoms with van der Waals surface area (Å²) in [6.07, 6.45) is -0.329. The summed E-state index contributed by atoms with van der Waals surface area (Å²) in [5.74, 6) is -0.355. The van der Waals surface area contributed by atoms with Crippen LogP contribution in [0.1, 0.15) is 20.3 Å². The number of ether oxygens (including phenoxy) is 2. The van der Waals surface area contributed by atoms with E-state index in [4.69, 9.17) is 14.7 Å². The zero-order valence-corrected chi connectivity index (χ0v) is 13.8. The second-order valence-corrected chi connectivity index (χ2v) is 7.25. The van der Waals surface area contributed by atoms with Crippen molar-refractivity contribution in [3.05, 3.63) is 18.2 Å². The molecule has 0 saturated heterocycles. The molecule has 1 aromatic rings. The maximum Gasteiger partial charge on any atom is 0.244 e. The Kier molecular flexibility index (Phi) is 6.19. The molecule has 0 heterocycles. The summed E-state index contributed by atoms with van der Waals surface area (Å²) in [7, 11) is -0.908. The lowest BCUT2D eigenvalue weighted by atomic mass is 10.1. The van der Waals surface area contributed by atoms with E-state index in [0.717, 1.165) is 0 Å². The average molecular weight is 331 g/mol. The molecule has 7 nitrogen and oxygen atoms in total. The van der Waals surface area contributed by atoms with Gasteiger partial charge in [-0.3, -0.25) is 10.0 Å². The molecule has 1 unspecified atom stereocenters. The van der Waals surface area contributed by atoms with Crippen LogP contribution >= 0.6 is 0 Å². The molecule has 0 aliphatic carbocycles. The fraction of sp³-hybridized carbons (Fsp3) is 0.500. The van der Waals surface area contributed by atoms with Crippen molar-refractivity contribution in [3.63, 3.8) is 0 Å². The second kappa shape index (κ2) is 7.46. The van der Waals surface area contributed by atoms with Gasteiger partial charge in [-0.15, -0.1) is 0 Å². The van der Waals surface area contributed by atoms with E-state index in [-0.39, 0.29) is 23.0 Å². The molecule has 0 aromatic heterocycles. The first-order valence-electron chi connectivity index (χ1n) is 6.66. The Morgan fingerprint density at radius 3 is 2.27 bits per heavy atom. The maximum atomic E-state index is 12.7. The standard InChI is InChI=1S/C14H21NO6S/c1-9(2)13(8-14(16)15-17)22(18,19)10-5-6-11(20-3)12(7-10)21-4/h5-7,9,13,17H,8H2,1-4H3,(H,15,16). The van der Waals surface area contributed by atoms with Gasteiger partial charge in [0.1, 0.15) is 0 Å². The molecule has 1 atom stereocenters. The van der Waals surface area contributed by atoms with E-state index < -0.39 is 21.0 Å². The number of benzene rings is 1. The second-order valence-electron chi connectivity index (χ2n) is 5.08. The normalized spacial score (nSPS) is 12.8. The van der Waals surface area contributed by atoms with Crippen molar-refractivity contribution in [2.75, 3.05) is 14.2 Å². The zero-order valence-electron chi connectivity index (χ0n) is 13.0. The molecular formula is C14H21NO6S. The van der Waals surface area contributed by atoms with Crippen LogP contribution < -0.4 is 15.0 Å². The van der Waals surface area contributed by atoms with Crippen LogP contribution in [0.2, 0.25) is 0 Å². The van der Waals surface area contributed by atoms with Gasteiger partial charge in [0.15, 0.2) is 21.3 Å². The third-order valence-electron chi connectivity index (χ3n) is 3.34. The minimum Gasteiger partial charge on any atom is -0.493 e. The van der Waals surface area contributed by atoms with Crippen LogP contribution in [-0.4, -0.2) is 39.0 Å². The number of amides is 1. The summed E-state index contributed by atoms with van der Waals surface area (Å²) >= 11 is 0. The lowest BCUT2D eigenvalue weighted by Gasteiger charge is -2.21. The zero-order chi connectivity index (χ0) is 16.9. The number of carbonyl (C=O) groups is 1. The van der Waals surface area contributed by atoms with E-state index in [2.05, 4.69) is 0 Å². The van der Waals surface area contributed by atoms with Crippen LogP contribution in [-0.2, 0) is 14.6 Å². The molecule has 0 saturated carbocycles. The number of sulfone groups is 1. The van der Waals surface area contributed by atoms with Gasteiger partial charge in [-0.25, -0.2) is 13.9 Å². The van der Waals surface area contributed by atoms with Gasteiger partial charge in [-0.1, -0.05) is 13.8 Å². The van der Waals surface area contributed by atoms with Crippen LogP contribution in [0.15, 0.2) is 23.1 Å². The van der Waals surface area contributed by atoms with Crippen molar-refractivity contribution in [3.8, 4) is 11.5 Å². The fourth-order valence-corrected chi connectivity index (χ4v) is 4.07. The first-order chi connectivity index (χ1) is 10.3. The van der Waals surface area contributed by atoms with Crippen LogP contribution in [0.25, 0.3) is 0 Å². The van der Waals surface area contributed by atoms with Gasteiger partial charge in [0.2, 0.25) is 5.91 Å². The molecule has 0 spiro atoms. The number of nitrogens with one attached hydrogen (secondary N) is 1. The highest BCUT2D eigenvalue weighted by atomic mass is 32.2. The first kappa shape index (κ1) is 18.2. The summed E-state index contributed by atoms with van der Waals surface area (Å²) in [6.45, 7) is 3.40. The van der Waals surface area contributed by atoms with Gasteiger partial charge in [0.25, 0.3) is 0 Å². The summed E-state index contributed by atoms with van der Waals surface area (Å²) in [5.41, 5.74) is 1.47. The third kappa shape index (κ3) is 3.89. The molecule has 1 aromatic carbocycles. The van der Waals surface area contributed by atoms with E-state index in [1.165, 1.54) is 37.9 Å². The van der Waals surface area contributed by atoms with Crippen molar-refractivity contribution in [2.24, 2.45) is 5.92 Å². The van der Waals surface area contributed by atoms with Crippen molar-refractivity contribution >= 4 is 15.7 Å². The van der Waals surface area contributed by atoms with Gasteiger partial charge in [-0.2, -0.15) is 0 Å². The lowest BCUT2D eigenvalue weighted by Crippen LogP contribution is -2.33. The molecule has 1 rings (SSSR count). The Balaban J connectivity index is 3.28. The van der Waals surface area contributed by atoms with E-state index >= 15 is 0 Å². The average Bonchev–Trinajstić information content (AvgIpc) is 2.50. The van der Waals surface area contributed by atoms with Gasteiger partial charge < -0.3 is 9.47 Å². The van der Waals surface area contributed by atoms with Crippen molar-refractivity contribution in [2.45, 2.75) is 30.4 Å². The molecule has 0 fully saturated rings. The highest BCUT2D eigenvalue weighted by Gasteiger charge is 2.33. The SMILES string of the molecule is COc1ccc(S(=O)(=O)C(CC(=O)NO)C(C)C)cc1OC. The molecule has 8 heteroatoms. The fourth-order valence-electron chi connectivity index (χ4n) is 2.10. The van der Waals surface area contributed by atoms with E-state index in [1.807, 2.05) is 0 Å². The Labute approximate surface area is 130 Å². The van der Waals surface area contributed by atoms with Gasteiger partial charge in [0.05, 0.1) is 24.4 Å². The Bertz CT molecular complexity index is 626. The van der Waals surface area contributed by atoms with Crippen molar-refractivity contribution in [1.82, 2.24) is 5.48 Å². The number of hydroxylamine groups is 1. The number of carbonyl (C=O) groups excluding carboxylic acids is 1. The molecule has 124 valence electrons. The summed E-state index contributed by atoms with van der Waals surface area (Å²) < 4.78 is 35.7. The maximum absolute atomic E-state index is 12.7. The molecule has 1 amide bonds. The van der Waals surface area contributed by atoms with E-state index in [0.29, 0.717) is 5.75 Å². The van der Waals surface area contributed by atoms with Crippen molar-refractivity contribution in [1.29, 1.82) is 0 Å². The predicted molar refractivity (Wildman–Crippen MR) is 79.9 cm³/mol. The van der Waals surface area contributed by atoms with E-state index in [1.54, 1.807) is 13.8 Å². The Hall–Kier alpha value is -1.80. The smallest absolute Gasteiger partial charge is 0.244 e. The third-order valence-corrected chi connectivity index (χ3v) is 5.76. The molecule has 0 aliphatic heterocycles. The summed E-state index contributed by atoms with van der Waals surface area (Å²) in [6, 6.07) is 4.26. The van der Waals surface area contributed by atoms with Crippen LogP contribution in [0, 0.1) is 5.92 Å². The van der Waals surface area contributed by atoms with Crippen LogP contribution in [0.4, 0.5) is 0 Å². The van der Waals surface area contributed by atoms with E-state index in [9.17, 15) is 13.2 Å². The van der Waals surface area contributed by atoms with Crippen molar-refractivity contribution < 1.29 is 27.9 Å². The van der Waals surface area contributed by atoms with Crippen LogP contribution in [0.5, 0.6) is 11.5 Å². The molecule has 0 aliphatic rings. The van der Waals surface area contributed by atoms with Crippen LogP contribution in [0.3, 0.4) is 0 Å². The molecule has 2 N–H and O–H groups in total. The van der Waals surface area contributed by atoms with Gasteiger partial charge in [-0.05, 0) is 18.1 Å². The Morgan fingerprint density at radius 1 is 1.23 bits per heavy atom. The number of methoxy groups -OCH3 is 2. The minimum absolute atomic E-state index is 0.0367. The monoisotopic (exact) mass is 331 g/mol. The lowest BCUT2D eigenvalue weighted by molar-refractivity contribution is -0.129. The first-order valence-corrected chi connectivity index (χ1v) is 8.21. The summed E-state index contributed by atoms with van der Waals surface area (Å²) in [5, 5.41) is 7.66. The molecule has 0 radical (unpaired) electrons. The minimum atomic E-state index is -3.77. The van der Waals surface area contributed by atoms with Gasteiger partial charge >= 0.3 is 0 Å². The van der Waals surface area contributed by atoms with Gasteiger partial charge in [0, 0.05) is 12.5 Å². The highest BCUT2D eigenvalue weighted by molar-refractivity contribution is 7.92. The number of hydrogen-bond donors (Lipinski definition) is 2. The number of hydrogen-bond acceptors (Lipinski definition) is 6. The molecule has 22 heavy (non-hydrogen) atoms. The molecular weight excluding hydrogens is 310 g/mol. The predicted octanol–water partition coefficient (Wildman–Crippen LogP) is 1.40. The molecule has 0 bridgehead atoms. The number of rotatable bonds is 7.